The molecule has 1 saturated heterocycles. The number of rotatable bonds is 3. The number of carbonyl (C=O) groups is 1. The van der Waals surface area contributed by atoms with Crippen LogP contribution in [0.1, 0.15) is 45.4 Å². The molecule has 104 valence electrons. The van der Waals surface area contributed by atoms with Gasteiger partial charge in [-0.15, -0.1) is 0 Å². The van der Waals surface area contributed by atoms with Crippen molar-refractivity contribution in [2.24, 2.45) is 17.6 Å². The van der Waals surface area contributed by atoms with Crippen LogP contribution in [0, 0.1) is 11.8 Å². The van der Waals surface area contributed by atoms with Gasteiger partial charge in [0.25, 0.3) is 0 Å². The molecule has 0 aromatic rings. The summed E-state index contributed by atoms with van der Waals surface area (Å²) in [4.78, 5) is 12.3. The number of hydrogen-bond donors (Lipinski definition) is 2. The average molecular weight is 254 g/mol. The predicted octanol–water partition coefficient (Wildman–Crippen LogP) is 1.44. The van der Waals surface area contributed by atoms with Gasteiger partial charge in [0.2, 0.25) is 5.91 Å². The van der Waals surface area contributed by atoms with E-state index >= 15 is 0 Å². The predicted molar refractivity (Wildman–Crippen MR) is 71.1 cm³/mol. The second-order valence-corrected chi connectivity index (χ2v) is 5.91. The first-order chi connectivity index (χ1) is 8.68. The number of ether oxygens (including phenoxy) is 1. The van der Waals surface area contributed by atoms with Gasteiger partial charge in [-0.25, -0.2) is 0 Å². The van der Waals surface area contributed by atoms with E-state index in [-0.39, 0.29) is 17.4 Å². The Labute approximate surface area is 110 Å². The summed E-state index contributed by atoms with van der Waals surface area (Å²) in [5.41, 5.74) is 5.79. The van der Waals surface area contributed by atoms with Gasteiger partial charge in [-0.3, -0.25) is 4.79 Å². The molecule has 3 unspecified atom stereocenters. The summed E-state index contributed by atoms with van der Waals surface area (Å²) in [6.07, 6.45) is 6.54. The summed E-state index contributed by atoms with van der Waals surface area (Å²) in [6.45, 7) is 4.13. The lowest BCUT2D eigenvalue weighted by Gasteiger charge is -2.43. The van der Waals surface area contributed by atoms with Gasteiger partial charge < -0.3 is 15.8 Å². The van der Waals surface area contributed by atoms with E-state index in [1.807, 2.05) is 0 Å². The molecule has 3 atom stereocenters. The molecule has 1 amide bonds. The molecule has 4 nitrogen and oxygen atoms in total. The maximum Gasteiger partial charge on any atom is 0.225 e. The smallest absolute Gasteiger partial charge is 0.225 e. The second-order valence-electron chi connectivity index (χ2n) is 5.91. The van der Waals surface area contributed by atoms with Gasteiger partial charge in [-0.1, -0.05) is 19.8 Å². The maximum atomic E-state index is 12.3. The lowest BCUT2D eigenvalue weighted by atomic mass is 9.73. The SMILES string of the molecule is CC1CCCCC1(CN)NC(=O)C1CCCOC1. The topological polar surface area (TPSA) is 64.3 Å². The maximum absolute atomic E-state index is 12.3. The number of amides is 1. The van der Waals surface area contributed by atoms with Crippen LogP contribution >= 0.6 is 0 Å². The summed E-state index contributed by atoms with van der Waals surface area (Å²) < 4.78 is 5.39. The highest BCUT2D eigenvalue weighted by Gasteiger charge is 2.39. The molecule has 0 bridgehead atoms. The highest BCUT2D eigenvalue weighted by Crippen LogP contribution is 2.33. The van der Waals surface area contributed by atoms with Crippen molar-refractivity contribution in [3.05, 3.63) is 0 Å². The zero-order valence-electron chi connectivity index (χ0n) is 11.4. The van der Waals surface area contributed by atoms with Crippen molar-refractivity contribution in [1.82, 2.24) is 5.32 Å². The van der Waals surface area contributed by atoms with Gasteiger partial charge in [-0.05, 0) is 31.6 Å². The van der Waals surface area contributed by atoms with Gasteiger partial charge in [-0.2, -0.15) is 0 Å². The normalized spacial score (nSPS) is 37.2. The van der Waals surface area contributed by atoms with Crippen LogP contribution in [0.4, 0.5) is 0 Å². The third-order valence-corrected chi connectivity index (χ3v) is 4.72. The molecule has 1 saturated carbocycles. The summed E-state index contributed by atoms with van der Waals surface area (Å²) >= 11 is 0. The second kappa shape index (κ2) is 6.02. The van der Waals surface area contributed by atoms with E-state index in [2.05, 4.69) is 12.2 Å². The van der Waals surface area contributed by atoms with Crippen LogP contribution in [-0.2, 0) is 9.53 Å². The van der Waals surface area contributed by atoms with Crippen molar-refractivity contribution >= 4 is 5.91 Å². The fourth-order valence-electron chi connectivity index (χ4n) is 3.25. The molecule has 0 aromatic carbocycles. The zero-order valence-corrected chi connectivity index (χ0v) is 11.4. The van der Waals surface area contributed by atoms with Crippen LogP contribution in [0.2, 0.25) is 0 Å². The van der Waals surface area contributed by atoms with Gasteiger partial charge in [0, 0.05) is 13.2 Å². The van der Waals surface area contributed by atoms with Crippen LogP contribution in [0.15, 0.2) is 0 Å². The minimum Gasteiger partial charge on any atom is -0.381 e. The first-order valence-corrected chi connectivity index (χ1v) is 7.28. The van der Waals surface area contributed by atoms with Gasteiger partial charge in [0.15, 0.2) is 0 Å². The number of hydrogen-bond acceptors (Lipinski definition) is 3. The van der Waals surface area contributed by atoms with Crippen LogP contribution in [0.3, 0.4) is 0 Å². The van der Waals surface area contributed by atoms with E-state index in [1.165, 1.54) is 19.3 Å². The molecule has 4 heteroatoms. The third-order valence-electron chi connectivity index (χ3n) is 4.72. The lowest BCUT2D eigenvalue weighted by molar-refractivity contribution is -0.132. The Morgan fingerprint density at radius 2 is 2.22 bits per heavy atom. The molecule has 1 aliphatic heterocycles. The largest absolute Gasteiger partial charge is 0.381 e. The zero-order chi connectivity index (χ0) is 13.0. The first kappa shape index (κ1) is 13.8. The number of nitrogens with two attached hydrogens (primary N) is 1. The molecule has 3 N–H and O–H groups in total. The molecule has 1 aliphatic carbocycles. The summed E-state index contributed by atoms with van der Waals surface area (Å²) in [7, 11) is 0. The van der Waals surface area contributed by atoms with E-state index in [0.717, 1.165) is 25.9 Å². The van der Waals surface area contributed by atoms with E-state index in [9.17, 15) is 4.79 Å². The van der Waals surface area contributed by atoms with Crippen molar-refractivity contribution in [2.45, 2.75) is 51.0 Å². The van der Waals surface area contributed by atoms with Crippen molar-refractivity contribution in [1.29, 1.82) is 0 Å². The highest BCUT2D eigenvalue weighted by molar-refractivity contribution is 5.79. The Bertz CT molecular complexity index is 290. The van der Waals surface area contributed by atoms with Crippen LogP contribution in [0.25, 0.3) is 0 Å². The molecule has 18 heavy (non-hydrogen) atoms. The first-order valence-electron chi connectivity index (χ1n) is 7.28. The molecule has 0 radical (unpaired) electrons. The molecule has 1 heterocycles. The quantitative estimate of drug-likeness (QED) is 0.801. The van der Waals surface area contributed by atoms with Gasteiger partial charge in [0.1, 0.15) is 0 Å². The molecular formula is C14H26N2O2. The van der Waals surface area contributed by atoms with Gasteiger partial charge >= 0.3 is 0 Å². The van der Waals surface area contributed by atoms with Crippen molar-refractivity contribution in [3.8, 4) is 0 Å². The Morgan fingerprint density at radius 1 is 1.39 bits per heavy atom. The average Bonchev–Trinajstić information content (AvgIpc) is 2.42. The van der Waals surface area contributed by atoms with Crippen LogP contribution < -0.4 is 11.1 Å². The Balaban J connectivity index is 1.98. The van der Waals surface area contributed by atoms with Crippen molar-refractivity contribution < 1.29 is 9.53 Å². The Kier molecular flexibility index (Phi) is 4.62. The van der Waals surface area contributed by atoms with E-state index in [4.69, 9.17) is 10.5 Å². The van der Waals surface area contributed by atoms with Crippen LogP contribution in [-0.4, -0.2) is 31.2 Å². The fraction of sp³-hybridized carbons (Fsp3) is 0.929. The minimum atomic E-state index is -0.174. The standard InChI is InChI=1S/C14H26N2O2/c1-11-5-2-3-7-14(11,10-15)16-13(17)12-6-4-8-18-9-12/h11-12H,2-10,15H2,1H3,(H,16,17). The van der Waals surface area contributed by atoms with Crippen LogP contribution in [0.5, 0.6) is 0 Å². The van der Waals surface area contributed by atoms with Crippen molar-refractivity contribution in [3.63, 3.8) is 0 Å². The lowest BCUT2D eigenvalue weighted by Crippen LogP contribution is -2.60. The molecule has 0 aromatic heterocycles. The number of nitrogens with one attached hydrogen (secondary N) is 1. The summed E-state index contributed by atoms with van der Waals surface area (Å²) in [5.74, 6) is 0.648. The third kappa shape index (κ3) is 2.86. The molecule has 2 rings (SSSR count). The highest BCUT2D eigenvalue weighted by atomic mass is 16.5. The molecule has 2 aliphatic rings. The summed E-state index contributed by atoms with van der Waals surface area (Å²) in [6, 6.07) is 0. The Hall–Kier alpha value is -0.610. The van der Waals surface area contributed by atoms with E-state index in [1.54, 1.807) is 0 Å². The minimum absolute atomic E-state index is 0.0244. The van der Waals surface area contributed by atoms with E-state index < -0.39 is 0 Å². The van der Waals surface area contributed by atoms with Crippen molar-refractivity contribution in [2.75, 3.05) is 19.8 Å². The fourth-order valence-corrected chi connectivity index (χ4v) is 3.25. The van der Waals surface area contributed by atoms with Gasteiger partial charge in [0.05, 0.1) is 18.1 Å². The summed E-state index contributed by atoms with van der Waals surface area (Å²) in [5, 5.41) is 3.26. The Morgan fingerprint density at radius 3 is 2.83 bits per heavy atom. The molecule has 0 spiro atoms. The molecular weight excluding hydrogens is 228 g/mol. The van der Waals surface area contributed by atoms with E-state index in [0.29, 0.717) is 19.1 Å². The molecule has 2 fully saturated rings. The number of carbonyl (C=O) groups excluding carboxylic acids is 1. The monoisotopic (exact) mass is 254 g/mol.